The highest BCUT2D eigenvalue weighted by atomic mass is 16.5. The molecule has 35 heavy (non-hydrogen) atoms. The molecule has 2 N–H and O–H groups in total. The molecule has 1 aliphatic heterocycles. The van der Waals surface area contributed by atoms with Crippen molar-refractivity contribution in [1.29, 1.82) is 0 Å². The van der Waals surface area contributed by atoms with Gasteiger partial charge in [0.25, 0.3) is 0 Å². The van der Waals surface area contributed by atoms with Crippen LogP contribution in [-0.2, 0) is 14.3 Å². The molecule has 7 nitrogen and oxygen atoms in total. The minimum atomic E-state index is -0.751. The van der Waals surface area contributed by atoms with Gasteiger partial charge in [0.1, 0.15) is 6.61 Å². The summed E-state index contributed by atoms with van der Waals surface area (Å²) < 4.78 is 5.63. The van der Waals surface area contributed by atoms with Crippen LogP contribution in [0.15, 0.2) is 48.5 Å². The van der Waals surface area contributed by atoms with Gasteiger partial charge in [0.05, 0.1) is 5.92 Å². The molecule has 7 heteroatoms. The molecule has 3 aliphatic rings. The molecule has 5 rings (SSSR count). The Hall–Kier alpha value is -3.35. The lowest BCUT2D eigenvalue weighted by molar-refractivity contribution is -0.141. The number of rotatable bonds is 8. The van der Waals surface area contributed by atoms with Crippen molar-refractivity contribution in [2.24, 2.45) is 29.6 Å². The maximum absolute atomic E-state index is 12.8. The van der Waals surface area contributed by atoms with E-state index in [-0.39, 0.29) is 48.0 Å². The number of ether oxygens (including phenoxy) is 1. The molecule has 2 amide bonds. The van der Waals surface area contributed by atoms with Crippen molar-refractivity contribution in [2.45, 2.75) is 26.2 Å². The van der Waals surface area contributed by atoms with Gasteiger partial charge in [0.2, 0.25) is 5.91 Å². The van der Waals surface area contributed by atoms with E-state index in [9.17, 15) is 19.5 Å². The predicted octanol–water partition coefficient (Wildman–Crippen LogP) is 3.98. The Kier molecular flexibility index (Phi) is 6.26. The molecule has 3 atom stereocenters. The Morgan fingerprint density at radius 2 is 1.57 bits per heavy atom. The number of nitrogens with one attached hydrogen (secondary N) is 1. The number of carbonyl (C=O) groups is 3. The number of fused-ring (bicyclic) bond motifs is 4. The summed E-state index contributed by atoms with van der Waals surface area (Å²) in [5.74, 6) is -0.594. The van der Waals surface area contributed by atoms with Gasteiger partial charge < -0.3 is 20.1 Å². The van der Waals surface area contributed by atoms with Gasteiger partial charge in [0.15, 0.2) is 0 Å². The third-order valence-corrected chi connectivity index (χ3v) is 8.06. The molecule has 3 unspecified atom stereocenters. The average molecular weight is 477 g/mol. The smallest absolute Gasteiger partial charge is 0.407 e. The second kappa shape index (κ2) is 9.36. The van der Waals surface area contributed by atoms with Crippen LogP contribution in [0.4, 0.5) is 4.79 Å². The fourth-order valence-electron chi connectivity index (χ4n) is 5.86. The number of hydrogen-bond donors (Lipinski definition) is 2. The van der Waals surface area contributed by atoms with Gasteiger partial charge in [-0.25, -0.2) is 4.79 Å². The van der Waals surface area contributed by atoms with Crippen LogP contribution in [0, 0.1) is 29.6 Å². The largest absolute Gasteiger partial charge is 0.481 e. The molecule has 2 aromatic carbocycles. The predicted molar refractivity (Wildman–Crippen MR) is 131 cm³/mol. The Balaban J connectivity index is 1.12. The highest BCUT2D eigenvalue weighted by Gasteiger charge is 2.60. The maximum Gasteiger partial charge on any atom is 0.407 e. The lowest BCUT2D eigenvalue weighted by Gasteiger charge is -2.25. The highest BCUT2D eigenvalue weighted by molar-refractivity contribution is 5.80. The number of likely N-dealkylation sites (tertiary alicyclic amines) is 1. The zero-order valence-corrected chi connectivity index (χ0v) is 20.1. The molecule has 2 fully saturated rings. The SMILES string of the molecule is CC(C)C(CNC(=O)OCC1c2ccccc2-c2ccccc21)CC(=O)N1CC2C(C1)C2C(=O)O. The first-order valence-electron chi connectivity index (χ1n) is 12.4. The van der Waals surface area contributed by atoms with E-state index in [1.54, 1.807) is 4.90 Å². The van der Waals surface area contributed by atoms with E-state index >= 15 is 0 Å². The molecule has 2 aromatic rings. The summed E-state index contributed by atoms with van der Waals surface area (Å²) in [4.78, 5) is 38.3. The van der Waals surface area contributed by atoms with Gasteiger partial charge in [-0.05, 0) is 45.9 Å². The standard InChI is InChI=1S/C28H32N2O5/c1-16(2)17(11-25(31)30-13-22-23(14-30)26(22)27(32)33)12-29-28(34)35-15-24-20-9-5-3-7-18(20)19-8-4-6-10-21(19)24/h3-10,16-17,22-24,26H,11-15H2,1-2H3,(H,29,34)(H,32,33). The Bertz CT molecular complexity index is 1090. The lowest BCUT2D eigenvalue weighted by Crippen LogP contribution is -2.38. The van der Waals surface area contributed by atoms with E-state index in [1.165, 1.54) is 22.3 Å². The fourth-order valence-corrected chi connectivity index (χ4v) is 5.86. The molecule has 1 saturated heterocycles. The monoisotopic (exact) mass is 476 g/mol. The third-order valence-electron chi connectivity index (χ3n) is 8.06. The molecular weight excluding hydrogens is 444 g/mol. The number of benzene rings is 2. The Morgan fingerprint density at radius 3 is 2.11 bits per heavy atom. The van der Waals surface area contributed by atoms with Crippen molar-refractivity contribution in [1.82, 2.24) is 10.2 Å². The summed E-state index contributed by atoms with van der Waals surface area (Å²) >= 11 is 0. The quantitative estimate of drug-likeness (QED) is 0.601. The van der Waals surface area contributed by atoms with Crippen molar-refractivity contribution >= 4 is 18.0 Å². The summed E-state index contributed by atoms with van der Waals surface area (Å²) in [6.07, 6.45) is -0.143. The zero-order chi connectivity index (χ0) is 24.7. The lowest BCUT2D eigenvalue weighted by atomic mass is 9.92. The molecule has 0 bridgehead atoms. The molecule has 1 heterocycles. The highest BCUT2D eigenvalue weighted by Crippen LogP contribution is 2.52. The van der Waals surface area contributed by atoms with Crippen molar-refractivity contribution in [3.05, 3.63) is 59.7 Å². The first-order valence-corrected chi connectivity index (χ1v) is 12.4. The maximum atomic E-state index is 12.8. The minimum absolute atomic E-state index is 0.00635. The number of aliphatic carboxylic acids is 1. The Morgan fingerprint density at radius 1 is 1.00 bits per heavy atom. The Labute approximate surface area is 205 Å². The number of carboxylic acids is 1. The molecule has 1 saturated carbocycles. The summed E-state index contributed by atoms with van der Waals surface area (Å²) in [5.41, 5.74) is 4.70. The number of piperidine rings is 1. The average Bonchev–Trinajstić information content (AvgIpc) is 3.19. The number of carboxylic acid groups (broad SMARTS) is 1. The second-order valence-corrected chi connectivity index (χ2v) is 10.4. The van der Waals surface area contributed by atoms with Crippen LogP contribution in [0.3, 0.4) is 0 Å². The zero-order valence-electron chi connectivity index (χ0n) is 20.1. The van der Waals surface area contributed by atoms with Gasteiger partial charge >= 0.3 is 12.1 Å². The van der Waals surface area contributed by atoms with E-state index < -0.39 is 12.1 Å². The van der Waals surface area contributed by atoms with E-state index in [1.807, 2.05) is 38.1 Å². The van der Waals surface area contributed by atoms with Crippen LogP contribution in [0.1, 0.15) is 37.3 Å². The van der Waals surface area contributed by atoms with E-state index in [0.29, 0.717) is 26.1 Å². The third kappa shape index (κ3) is 4.51. The summed E-state index contributed by atoms with van der Waals surface area (Å²) in [5, 5.41) is 12.0. The first-order chi connectivity index (χ1) is 16.8. The molecular formula is C28H32N2O5. The number of alkyl carbamates (subject to hydrolysis) is 1. The van der Waals surface area contributed by atoms with Crippen LogP contribution in [-0.4, -0.2) is 54.2 Å². The van der Waals surface area contributed by atoms with Crippen LogP contribution in [0.2, 0.25) is 0 Å². The summed E-state index contributed by atoms with van der Waals surface area (Å²) in [6.45, 7) is 5.76. The molecule has 184 valence electrons. The summed E-state index contributed by atoms with van der Waals surface area (Å²) in [6, 6.07) is 16.4. The minimum Gasteiger partial charge on any atom is -0.481 e. The number of carbonyl (C=O) groups excluding carboxylic acids is 2. The van der Waals surface area contributed by atoms with E-state index in [2.05, 4.69) is 29.6 Å². The van der Waals surface area contributed by atoms with Crippen LogP contribution in [0.25, 0.3) is 11.1 Å². The topological polar surface area (TPSA) is 95.9 Å². The van der Waals surface area contributed by atoms with E-state index in [0.717, 1.165) is 0 Å². The van der Waals surface area contributed by atoms with Gasteiger partial charge in [-0.3, -0.25) is 9.59 Å². The summed E-state index contributed by atoms with van der Waals surface area (Å²) in [7, 11) is 0. The fraction of sp³-hybridized carbons (Fsp3) is 0.464. The van der Waals surface area contributed by atoms with Gasteiger partial charge in [0, 0.05) is 32.0 Å². The number of hydrogen-bond acceptors (Lipinski definition) is 4. The van der Waals surface area contributed by atoms with E-state index in [4.69, 9.17) is 4.74 Å². The van der Waals surface area contributed by atoms with Crippen LogP contribution < -0.4 is 5.32 Å². The van der Waals surface area contributed by atoms with Crippen molar-refractivity contribution in [2.75, 3.05) is 26.2 Å². The van der Waals surface area contributed by atoms with Gasteiger partial charge in [-0.15, -0.1) is 0 Å². The van der Waals surface area contributed by atoms with Crippen molar-refractivity contribution < 1.29 is 24.2 Å². The van der Waals surface area contributed by atoms with Crippen LogP contribution >= 0.6 is 0 Å². The number of amides is 2. The van der Waals surface area contributed by atoms with Crippen molar-refractivity contribution in [3.8, 4) is 11.1 Å². The molecule has 0 radical (unpaired) electrons. The van der Waals surface area contributed by atoms with Gasteiger partial charge in [-0.2, -0.15) is 0 Å². The number of nitrogens with zero attached hydrogens (tertiary/aromatic N) is 1. The van der Waals surface area contributed by atoms with Crippen molar-refractivity contribution in [3.63, 3.8) is 0 Å². The molecule has 0 spiro atoms. The second-order valence-electron chi connectivity index (χ2n) is 10.4. The van der Waals surface area contributed by atoms with Crippen LogP contribution in [0.5, 0.6) is 0 Å². The normalized spacial score (nSPS) is 22.8. The van der Waals surface area contributed by atoms with Gasteiger partial charge in [-0.1, -0.05) is 62.4 Å². The first kappa shape index (κ1) is 23.4. The molecule has 2 aliphatic carbocycles. The molecule has 0 aromatic heterocycles.